The number of ether oxygens (including phenoxy) is 1. The maximum Gasteiger partial charge on any atom is 0.573 e. The first-order chi connectivity index (χ1) is 8.60. The molecule has 108 valence electrons. The van der Waals surface area contributed by atoms with Crippen molar-refractivity contribution >= 4 is 10.0 Å². The molecule has 5 nitrogen and oxygen atoms in total. The van der Waals surface area contributed by atoms with E-state index < -0.39 is 28.2 Å². The fourth-order valence-corrected chi connectivity index (χ4v) is 2.31. The fraction of sp³-hybridized carbons (Fsp3) is 0.400. The fourth-order valence-electron chi connectivity index (χ4n) is 1.15. The van der Waals surface area contributed by atoms with Crippen molar-refractivity contribution in [3.63, 3.8) is 0 Å². The lowest BCUT2D eigenvalue weighted by Crippen LogP contribution is -2.30. The lowest BCUT2D eigenvalue weighted by Gasteiger charge is -2.11. The van der Waals surface area contributed by atoms with Gasteiger partial charge in [0.1, 0.15) is 5.75 Å². The normalized spacial score (nSPS) is 14.2. The second-order valence-corrected chi connectivity index (χ2v) is 5.49. The predicted molar refractivity (Wildman–Crippen MR) is 60.0 cm³/mol. The highest BCUT2D eigenvalue weighted by atomic mass is 32.2. The van der Waals surface area contributed by atoms with Gasteiger partial charge in [-0.2, -0.15) is 0 Å². The standard InChI is InChI=1S/C10H12F3NO4S/c1-7(15)6-14-19(16,17)9-4-2-3-8(5-9)18-10(11,12)13/h2-5,7,14-15H,6H2,1H3/t7-/m0/s1. The average Bonchev–Trinajstić information content (AvgIpc) is 2.24. The molecule has 1 atom stereocenters. The summed E-state index contributed by atoms with van der Waals surface area (Å²) in [5, 5.41) is 8.97. The van der Waals surface area contributed by atoms with Crippen molar-refractivity contribution in [3.05, 3.63) is 24.3 Å². The molecule has 0 spiro atoms. The van der Waals surface area contributed by atoms with Crippen LogP contribution in [0.5, 0.6) is 5.75 Å². The zero-order valence-electron chi connectivity index (χ0n) is 9.81. The van der Waals surface area contributed by atoms with E-state index in [0.29, 0.717) is 0 Å². The summed E-state index contributed by atoms with van der Waals surface area (Å²) < 4.78 is 65.1. The number of aliphatic hydroxyl groups excluding tert-OH is 1. The van der Waals surface area contributed by atoms with Crippen LogP contribution in [0.4, 0.5) is 13.2 Å². The number of hydrogen-bond acceptors (Lipinski definition) is 4. The predicted octanol–water partition coefficient (Wildman–Crippen LogP) is 1.24. The van der Waals surface area contributed by atoms with Crippen LogP contribution in [0.15, 0.2) is 29.2 Å². The summed E-state index contributed by atoms with van der Waals surface area (Å²) in [6, 6.07) is 3.98. The van der Waals surface area contributed by atoms with Crippen LogP contribution in [0.25, 0.3) is 0 Å². The zero-order chi connectivity index (χ0) is 14.7. The van der Waals surface area contributed by atoms with Crippen LogP contribution in [0.3, 0.4) is 0 Å². The van der Waals surface area contributed by atoms with Crippen LogP contribution in [0, 0.1) is 0 Å². The maximum absolute atomic E-state index is 12.0. The smallest absolute Gasteiger partial charge is 0.406 e. The van der Waals surface area contributed by atoms with Gasteiger partial charge in [0.15, 0.2) is 0 Å². The molecule has 0 unspecified atom stereocenters. The van der Waals surface area contributed by atoms with Crippen molar-refractivity contribution in [1.29, 1.82) is 0 Å². The molecule has 0 amide bonds. The molecular weight excluding hydrogens is 287 g/mol. The molecule has 2 N–H and O–H groups in total. The largest absolute Gasteiger partial charge is 0.573 e. The summed E-state index contributed by atoms with van der Waals surface area (Å²) in [6.45, 7) is 1.12. The second-order valence-electron chi connectivity index (χ2n) is 3.72. The summed E-state index contributed by atoms with van der Waals surface area (Å²) in [7, 11) is -3.99. The third kappa shape index (κ3) is 5.45. The lowest BCUT2D eigenvalue weighted by molar-refractivity contribution is -0.274. The van der Waals surface area contributed by atoms with Crippen molar-refractivity contribution in [1.82, 2.24) is 4.72 Å². The third-order valence-corrected chi connectivity index (χ3v) is 3.34. The zero-order valence-corrected chi connectivity index (χ0v) is 10.6. The molecule has 0 radical (unpaired) electrons. The van der Waals surface area contributed by atoms with Crippen molar-refractivity contribution in [3.8, 4) is 5.75 Å². The Morgan fingerprint density at radius 2 is 2.05 bits per heavy atom. The molecule has 0 aromatic heterocycles. The minimum Gasteiger partial charge on any atom is -0.406 e. The van der Waals surface area contributed by atoms with Crippen LogP contribution in [0.2, 0.25) is 0 Å². The summed E-state index contributed by atoms with van der Waals surface area (Å²) in [5.74, 6) is -0.632. The van der Waals surface area contributed by atoms with Crippen LogP contribution < -0.4 is 9.46 Å². The van der Waals surface area contributed by atoms with E-state index >= 15 is 0 Å². The van der Waals surface area contributed by atoms with Crippen molar-refractivity contribution in [2.75, 3.05) is 6.54 Å². The average molecular weight is 299 g/mol. The Balaban J connectivity index is 2.92. The van der Waals surface area contributed by atoms with Gasteiger partial charge < -0.3 is 9.84 Å². The SMILES string of the molecule is C[C@H](O)CNS(=O)(=O)c1cccc(OC(F)(F)F)c1. The molecule has 0 aliphatic rings. The van der Waals surface area contributed by atoms with E-state index in [0.717, 1.165) is 24.3 Å². The van der Waals surface area contributed by atoms with Gasteiger partial charge >= 0.3 is 6.36 Å². The van der Waals surface area contributed by atoms with E-state index in [9.17, 15) is 21.6 Å². The van der Waals surface area contributed by atoms with Crippen LogP contribution >= 0.6 is 0 Å². The third-order valence-electron chi connectivity index (χ3n) is 1.92. The lowest BCUT2D eigenvalue weighted by atomic mass is 10.3. The van der Waals surface area contributed by atoms with Gasteiger partial charge in [0.2, 0.25) is 10.0 Å². The van der Waals surface area contributed by atoms with E-state index in [2.05, 4.69) is 9.46 Å². The summed E-state index contributed by atoms with van der Waals surface area (Å²) in [4.78, 5) is -0.380. The van der Waals surface area contributed by atoms with Crippen molar-refractivity contribution < 1.29 is 31.4 Å². The molecular formula is C10H12F3NO4S. The minimum absolute atomic E-state index is 0.243. The Kier molecular flexibility index (Phi) is 4.77. The number of alkyl halides is 3. The summed E-state index contributed by atoms with van der Waals surface area (Å²) in [6.07, 6.45) is -5.81. The van der Waals surface area contributed by atoms with E-state index in [1.165, 1.54) is 6.92 Å². The number of halogens is 3. The molecule has 0 bridgehead atoms. The number of nitrogens with one attached hydrogen (secondary N) is 1. The highest BCUT2D eigenvalue weighted by Crippen LogP contribution is 2.24. The van der Waals surface area contributed by atoms with Crippen LogP contribution in [-0.2, 0) is 10.0 Å². The minimum atomic E-state index is -4.89. The van der Waals surface area contributed by atoms with Gasteiger partial charge in [-0.3, -0.25) is 0 Å². The molecule has 0 aliphatic carbocycles. The first kappa shape index (κ1) is 15.7. The topological polar surface area (TPSA) is 75.6 Å². The number of rotatable bonds is 5. The van der Waals surface area contributed by atoms with E-state index in [1.807, 2.05) is 0 Å². The molecule has 0 aliphatic heterocycles. The molecule has 0 saturated heterocycles. The maximum atomic E-state index is 12.0. The number of hydrogen-bond donors (Lipinski definition) is 2. The molecule has 1 rings (SSSR count). The monoisotopic (exact) mass is 299 g/mol. The summed E-state index contributed by atoms with van der Waals surface area (Å²) >= 11 is 0. The van der Waals surface area contributed by atoms with Gasteiger partial charge in [-0.15, -0.1) is 13.2 Å². The number of aliphatic hydroxyl groups is 1. The van der Waals surface area contributed by atoms with Crippen LogP contribution in [-0.4, -0.2) is 32.5 Å². The van der Waals surface area contributed by atoms with Gasteiger partial charge in [-0.05, 0) is 19.1 Å². The van der Waals surface area contributed by atoms with Crippen molar-refractivity contribution in [2.45, 2.75) is 24.3 Å². The molecule has 0 fully saturated rings. The van der Waals surface area contributed by atoms with Gasteiger partial charge in [0.25, 0.3) is 0 Å². The van der Waals surface area contributed by atoms with Crippen LogP contribution in [0.1, 0.15) is 6.92 Å². The molecule has 9 heteroatoms. The van der Waals surface area contributed by atoms with Gasteiger partial charge in [-0.1, -0.05) is 6.07 Å². The Hall–Kier alpha value is -1.32. The van der Waals surface area contributed by atoms with Gasteiger partial charge in [-0.25, -0.2) is 13.1 Å². The van der Waals surface area contributed by atoms with E-state index in [1.54, 1.807) is 0 Å². The Morgan fingerprint density at radius 1 is 1.42 bits per heavy atom. The molecule has 0 saturated carbocycles. The summed E-state index contributed by atoms with van der Waals surface area (Å²) in [5.41, 5.74) is 0. The number of sulfonamides is 1. The molecule has 1 aromatic carbocycles. The Morgan fingerprint density at radius 3 is 2.58 bits per heavy atom. The Labute approximate surface area is 108 Å². The van der Waals surface area contributed by atoms with E-state index in [-0.39, 0.29) is 11.4 Å². The second kappa shape index (κ2) is 5.76. The first-order valence-electron chi connectivity index (χ1n) is 5.14. The molecule has 19 heavy (non-hydrogen) atoms. The quantitative estimate of drug-likeness (QED) is 0.858. The molecule has 0 heterocycles. The Bertz CT molecular complexity index is 528. The van der Waals surface area contributed by atoms with Crippen molar-refractivity contribution in [2.24, 2.45) is 0 Å². The van der Waals surface area contributed by atoms with E-state index in [4.69, 9.17) is 5.11 Å². The molecule has 1 aromatic rings. The first-order valence-corrected chi connectivity index (χ1v) is 6.62. The highest BCUT2D eigenvalue weighted by molar-refractivity contribution is 7.89. The van der Waals surface area contributed by atoms with Gasteiger partial charge in [0.05, 0.1) is 11.0 Å². The highest BCUT2D eigenvalue weighted by Gasteiger charge is 2.31. The van der Waals surface area contributed by atoms with Gasteiger partial charge in [0, 0.05) is 12.6 Å². The number of benzene rings is 1.